The summed E-state index contributed by atoms with van der Waals surface area (Å²) in [5.41, 5.74) is 6.39. The summed E-state index contributed by atoms with van der Waals surface area (Å²) in [6.07, 6.45) is -0.0446. The Morgan fingerprint density at radius 1 is 1.25 bits per heavy atom. The third-order valence-electron chi connectivity index (χ3n) is 3.75. The van der Waals surface area contributed by atoms with Crippen molar-refractivity contribution < 1.29 is 17.7 Å². The number of non-ortho nitro benzene ring substituents is 1. The highest BCUT2D eigenvalue weighted by Gasteiger charge is 2.24. The Morgan fingerprint density at radius 2 is 1.89 bits per heavy atom. The van der Waals surface area contributed by atoms with E-state index >= 15 is 0 Å². The minimum absolute atomic E-state index is 0. The monoisotopic (exact) mass is 451 g/mol. The van der Waals surface area contributed by atoms with Gasteiger partial charge in [0.05, 0.1) is 14.8 Å². The van der Waals surface area contributed by atoms with Gasteiger partial charge in [-0.25, -0.2) is 17.5 Å². The number of hydrogen-bond acceptors (Lipinski definition) is 5. The highest BCUT2D eigenvalue weighted by atomic mass is 35.5. The van der Waals surface area contributed by atoms with Gasteiger partial charge in [0.1, 0.15) is 5.82 Å². The van der Waals surface area contributed by atoms with E-state index in [0.29, 0.717) is 5.56 Å². The molecule has 28 heavy (non-hydrogen) atoms. The highest BCUT2D eigenvalue weighted by molar-refractivity contribution is 7.89. The van der Waals surface area contributed by atoms with E-state index in [9.17, 15) is 22.9 Å². The van der Waals surface area contributed by atoms with Crippen molar-refractivity contribution in [1.82, 2.24) is 4.72 Å². The number of nitro benzene ring substituents is 1. The van der Waals surface area contributed by atoms with Gasteiger partial charge in [0, 0.05) is 24.2 Å². The van der Waals surface area contributed by atoms with Crippen LogP contribution >= 0.6 is 24.0 Å². The van der Waals surface area contributed by atoms with E-state index in [-0.39, 0.29) is 46.0 Å². The van der Waals surface area contributed by atoms with Crippen LogP contribution in [-0.2, 0) is 16.4 Å². The summed E-state index contributed by atoms with van der Waals surface area (Å²) in [7, 11) is -3.90. The van der Waals surface area contributed by atoms with Crippen LogP contribution in [0.25, 0.3) is 0 Å². The molecule has 0 fully saturated rings. The largest absolute Gasteiger partial charge is 0.324 e. The first-order chi connectivity index (χ1) is 12.5. The van der Waals surface area contributed by atoms with Gasteiger partial charge in [-0.15, -0.1) is 12.4 Å². The van der Waals surface area contributed by atoms with Crippen LogP contribution in [-0.4, -0.2) is 19.4 Å². The molecule has 2 aromatic rings. The lowest BCUT2D eigenvalue weighted by Gasteiger charge is -2.17. The maximum Gasteiger partial charge on any atom is 0.269 e. The maximum absolute atomic E-state index is 13.7. The van der Waals surface area contributed by atoms with Crippen LogP contribution < -0.4 is 10.5 Å². The average molecular weight is 452 g/mol. The zero-order valence-electron chi connectivity index (χ0n) is 15.1. The van der Waals surface area contributed by atoms with Gasteiger partial charge < -0.3 is 5.73 Å². The lowest BCUT2D eigenvalue weighted by atomic mass is 9.99. The Balaban J connectivity index is 0.00000392. The van der Waals surface area contributed by atoms with Crippen LogP contribution in [0, 0.1) is 15.9 Å². The predicted octanol–water partition coefficient (Wildman–Crippen LogP) is 3.74. The number of rotatable bonds is 7. The molecule has 2 aromatic carbocycles. The summed E-state index contributed by atoms with van der Waals surface area (Å²) < 4.78 is 41.2. The quantitative estimate of drug-likeness (QED) is 0.491. The van der Waals surface area contributed by atoms with Gasteiger partial charge in [-0.3, -0.25) is 10.1 Å². The van der Waals surface area contributed by atoms with Crippen LogP contribution in [0.15, 0.2) is 41.3 Å². The van der Waals surface area contributed by atoms with Crippen molar-refractivity contribution in [1.29, 1.82) is 0 Å². The van der Waals surface area contributed by atoms with Crippen molar-refractivity contribution in [2.45, 2.75) is 37.2 Å². The predicted molar refractivity (Wildman–Crippen MR) is 108 cm³/mol. The topological polar surface area (TPSA) is 115 Å². The summed E-state index contributed by atoms with van der Waals surface area (Å²) in [4.78, 5) is 10.3. The first-order valence-corrected chi connectivity index (χ1v) is 9.87. The summed E-state index contributed by atoms with van der Waals surface area (Å²) in [6, 6.07) is 6.33. The number of nitrogens with zero attached hydrogens (tertiary/aromatic N) is 1. The minimum Gasteiger partial charge on any atom is -0.324 e. The van der Waals surface area contributed by atoms with Crippen molar-refractivity contribution in [2.75, 3.05) is 0 Å². The zero-order chi connectivity index (χ0) is 20.4. The van der Waals surface area contributed by atoms with Crippen LogP contribution in [0.1, 0.15) is 31.0 Å². The lowest BCUT2D eigenvalue weighted by molar-refractivity contribution is -0.385. The third-order valence-corrected chi connectivity index (χ3v) is 5.81. The summed E-state index contributed by atoms with van der Waals surface area (Å²) in [6.45, 7) is 3.32. The van der Waals surface area contributed by atoms with Crippen LogP contribution in [0.3, 0.4) is 0 Å². The van der Waals surface area contributed by atoms with Crippen molar-refractivity contribution >= 4 is 39.7 Å². The Hall–Kier alpha value is -1.78. The number of halogens is 3. The molecule has 0 radical (unpaired) electrons. The van der Waals surface area contributed by atoms with Gasteiger partial charge in [-0.05, 0) is 49.6 Å². The zero-order valence-corrected chi connectivity index (χ0v) is 17.4. The average Bonchev–Trinajstić information content (AvgIpc) is 2.55. The first kappa shape index (κ1) is 24.3. The van der Waals surface area contributed by atoms with E-state index in [2.05, 4.69) is 4.72 Å². The SMILES string of the molecule is CC(C)NS(=O)(=O)c1ccc([N+](=O)[O-])cc1C[C@H](N)c1ccc(Cl)c(F)c1.Cl. The normalized spacial score (nSPS) is 12.5. The lowest BCUT2D eigenvalue weighted by Crippen LogP contribution is -2.31. The Kier molecular flexibility index (Phi) is 8.33. The molecule has 7 nitrogen and oxygen atoms in total. The van der Waals surface area contributed by atoms with E-state index in [1.807, 2.05) is 0 Å². The van der Waals surface area contributed by atoms with E-state index < -0.39 is 26.8 Å². The fraction of sp³-hybridized carbons (Fsp3) is 0.294. The minimum atomic E-state index is -3.90. The van der Waals surface area contributed by atoms with Crippen LogP contribution in [0.5, 0.6) is 0 Å². The smallest absolute Gasteiger partial charge is 0.269 e. The second-order valence-corrected chi connectivity index (χ2v) is 8.40. The van der Waals surface area contributed by atoms with Gasteiger partial charge in [0.2, 0.25) is 10.0 Å². The number of benzene rings is 2. The summed E-state index contributed by atoms with van der Waals surface area (Å²) in [5, 5.41) is 11.0. The first-order valence-electron chi connectivity index (χ1n) is 8.01. The number of nitro groups is 1. The van der Waals surface area contributed by atoms with Crippen molar-refractivity contribution in [3.05, 3.63) is 68.5 Å². The molecular formula is C17H20Cl2FN3O4S. The van der Waals surface area contributed by atoms with Crippen molar-refractivity contribution in [2.24, 2.45) is 5.73 Å². The molecule has 3 N–H and O–H groups in total. The van der Waals surface area contributed by atoms with E-state index in [0.717, 1.165) is 12.1 Å². The second-order valence-electron chi connectivity index (χ2n) is 6.31. The molecule has 0 bridgehead atoms. The molecule has 154 valence electrons. The van der Waals surface area contributed by atoms with Gasteiger partial charge in [0.25, 0.3) is 5.69 Å². The molecular weight excluding hydrogens is 432 g/mol. The van der Waals surface area contributed by atoms with Gasteiger partial charge in [0.15, 0.2) is 0 Å². The Bertz CT molecular complexity index is 971. The maximum atomic E-state index is 13.7. The Morgan fingerprint density at radius 3 is 2.43 bits per heavy atom. The van der Waals surface area contributed by atoms with E-state index in [1.165, 1.54) is 24.3 Å². The molecule has 2 rings (SSSR count). The van der Waals surface area contributed by atoms with E-state index in [4.69, 9.17) is 17.3 Å². The number of nitrogens with one attached hydrogen (secondary N) is 1. The third kappa shape index (κ3) is 5.86. The van der Waals surface area contributed by atoms with E-state index in [1.54, 1.807) is 13.8 Å². The molecule has 0 spiro atoms. The molecule has 0 aliphatic heterocycles. The molecule has 0 saturated heterocycles. The fourth-order valence-electron chi connectivity index (χ4n) is 2.57. The van der Waals surface area contributed by atoms with Gasteiger partial charge in [-0.2, -0.15) is 0 Å². The number of hydrogen-bond donors (Lipinski definition) is 2. The Labute approximate surface area is 173 Å². The van der Waals surface area contributed by atoms with Crippen molar-refractivity contribution in [3.8, 4) is 0 Å². The molecule has 0 aliphatic carbocycles. The standard InChI is InChI=1S/C17H19ClFN3O4S.ClH/c1-10(2)21-27(25,26)17-6-4-13(22(23)24)7-12(17)9-16(20)11-3-5-14(18)15(19)8-11;/h3-8,10,16,21H,9,20H2,1-2H3;1H/t16-;/m0./s1. The van der Waals surface area contributed by atoms with Gasteiger partial charge >= 0.3 is 0 Å². The number of nitrogens with two attached hydrogens (primary N) is 1. The summed E-state index contributed by atoms with van der Waals surface area (Å²) >= 11 is 5.66. The number of sulfonamides is 1. The van der Waals surface area contributed by atoms with Gasteiger partial charge in [-0.1, -0.05) is 17.7 Å². The molecule has 0 aliphatic rings. The highest BCUT2D eigenvalue weighted by Crippen LogP contribution is 2.27. The molecule has 0 aromatic heterocycles. The molecule has 0 saturated carbocycles. The molecule has 0 heterocycles. The second kappa shape index (κ2) is 9.62. The molecule has 0 amide bonds. The molecule has 0 unspecified atom stereocenters. The molecule has 1 atom stereocenters. The van der Waals surface area contributed by atoms with Crippen LogP contribution in [0.4, 0.5) is 10.1 Å². The summed E-state index contributed by atoms with van der Waals surface area (Å²) in [5.74, 6) is -0.655. The van der Waals surface area contributed by atoms with Crippen LogP contribution in [0.2, 0.25) is 5.02 Å². The van der Waals surface area contributed by atoms with Crippen molar-refractivity contribution in [3.63, 3.8) is 0 Å². The fourth-order valence-corrected chi connectivity index (χ4v) is 4.17. The molecule has 11 heteroatoms.